The molecule has 1 aromatic carbocycles. The van der Waals surface area contributed by atoms with Gasteiger partial charge < -0.3 is 5.32 Å². The molecule has 1 heterocycles. The summed E-state index contributed by atoms with van der Waals surface area (Å²) in [5.41, 5.74) is 0.689. The molecule has 0 atom stereocenters. The van der Waals surface area contributed by atoms with E-state index in [0.717, 1.165) is 11.9 Å². The molecule has 0 aliphatic carbocycles. The molecule has 0 amide bonds. The Morgan fingerprint density at radius 1 is 1.21 bits per heavy atom. The molecule has 2 rings (SSSR count). The summed E-state index contributed by atoms with van der Waals surface area (Å²) in [4.78, 5) is 4.16. The van der Waals surface area contributed by atoms with Gasteiger partial charge >= 0.3 is 0 Å². The van der Waals surface area contributed by atoms with E-state index >= 15 is 0 Å². The van der Waals surface area contributed by atoms with Gasteiger partial charge in [0.25, 0.3) is 0 Å². The number of hydrogen-bond acceptors (Lipinski definition) is 3. The maximum atomic E-state index is 13.0. The van der Waals surface area contributed by atoms with Crippen LogP contribution in [0.25, 0.3) is 0 Å². The lowest BCUT2D eigenvalue weighted by molar-refractivity contribution is 0.488. The molecule has 0 radical (unpaired) electrons. The first kappa shape index (κ1) is 13.6. The van der Waals surface area contributed by atoms with Crippen molar-refractivity contribution in [1.29, 1.82) is 0 Å². The van der Waals surface area contributed by atoms with Crippen molar-refractivity contribution in [2.75, 3.05) is 0 Å². The minimum Gasteiger partial charge on any atom is -0.306 e. The molecular formula is C13H16F2N4. The first-order chi connectivity index (χ1) is 9.08. The fraction of sp³-hybridized carbons (Fsp3) is 0.385. The minimum absolute atomic E-state index is 0.238. The minimum atomic E-state index is -0.830. The maximum Gasteiger partial charge on any atom is 0.159 e. The van der Waals surface area contributed by atoms with Crippen molar-refractivity contribution in [3.63, 3.8) is 0 Å². The molecule has 0 unspecified atom stereocenters. The van der Waals surface area contributed by atoms with Crippen LogP contribution in [0.3, 0.4) is 0 Å². The van der Waals surface area contributed by atoms with E-state index in [1.807, 2.05) is 18.5 Å². The molecule has 0 bridgehead atoms. The van der Waals surface area contributed by atoms with Gasteiger partial charge in [0.2, 0.25) is 0 Å². The molecule has 2 aromatic rings. The Balaban J connectivity index is 1.92. The molecule has 0 aliphatic heterocycles. The number of hydrogen-bond donors (Lipinski definition) is 1. The lowest BCUT2D eigenvalue weighted by atomic mass is 10.2. The Morgan fingerprint density at radius 3 is 2.68 bits per heavy atom. The molecule has 1 N–H and O–H groups in total. The van der Waals surface area contributed by atoms with E-state index in [-0.39, 0.29) is 6.04 Å². The normalized spacial score (nSPS) is 11.2. The molecule has 0 spiro atoms. The van der Waals surface area contributed by atoms with Gasteiger partial charge in [-0.3, -0.25) is 0 Å². The first-order valence-corrected chi connectivity index (χ1v) is 6.11. The Kier molecular flexibility index (Phi) is 4.21. The number of aromatic nitrogens is 3. The van der Waals surface area contributed by atoms with Gasteiger partial charge in [-0.25, -0.2) is 18.4 Å². The second-order valence-corrected chi connectivity index (χ2v) is 4.57. The quantitative estimate of drug-likeness (QED) is 0.903. The van der Waals surface area contributed by atoms with Crippen molar-refractivity contribution in [1.82, 2.24) is 20.1 Å². The van der Waals surface area contributed by atoms with Crippen molar-refractivity contribution in [3.8, 4) is 0 Å². The smallest absolute Gasteiger partial charge is 0.159 e. The fourth-order valence-corrected chi connectivity index (χ4v) is 1.80. The zero-order chi connectivity index (χ0) is 13.8. The number of benzene rings is 1. The van der Waals surface area contributed by atoms with Gasteiger partial charge in [-0.1, -0.05) is 6.07 Å². The number of nitrogens with one attached hydrogen (secondary N) is 1. The third-order valence-electron chi connectivity index (χ3n) is 2.73. The molecule has 0 fully saturated rings. The fourth-order valence-electron chi connectivity index (χ4n) is 1.80. The Labute approximate surface area is 110 Å². The molecular weight excluding hydrogens is 250 g/mol. The van der Waals surface area contributed by atoms with Gasteiger partial charge in [0, 0.05) is 12.6 Å². The van der Waals surface area contributed by atoms with Crippen LogP contribution in [0, 0.1) is 11.6 Å². The molecule has 6 heteroatoms. The van der Waals surface area contributed by atoms with Gasteiger partial charge in [-0.2, -0.15) is 5.10 Å². The SMILES string of the molecule is CC(C)n1ncnc1CNCc1ccc(F)c(F)c1. The van der Waals surface area contributed by atoms with Crippen molar-refractivity contribution in [2.24, 2.45) is 0 Å². The zero-order valence-corrected chi connectivity index (χ0v) is 10.9. The third kappa shape index (κ3) is 3.35. The van der Waals surface area contributed by atoms with Gasteiger partial charge in [0.05, 0.1) is 6.54 Å². The van der Waals surface area contributed by atoms with Crippen molar-refractivity contribution >= 4 is 0 Å². The summed E-state index contributed by atoms with van der Waals surface area (Å²) < 4.78 is 27.6. The van der Waals surface area contributed by atoms with Gasteiger partial charge in [0.1, 0.15) is 12.2 Å². The highest BCUT2D eigenvalue weighted by Crippen LogP contribution is 2.09. The predicted octanol–water partition coefficient (Wildman–Crippen LogP) is 2.43. The van der Waals surface area contributed by atoms with Gasteiger partial charge in [0.15, 0.2) is 11.6 Å². The first-order valence-electron chi connectivity index (χ1n) is 6.11. The van der Waals surface area contributed by atoms with Crippen LogP contribution in [-0.4, -0.2) is 14.8 Å². The Morgan fingerprint density at radius 2 is 2.00 bits per heavy atom. The van der Waals surface area contributed by atoms with Crippen molar-refractivity contribution < 1.29 is 8.78 Å². The molecule has 0 saturated heterocycles. The molecule has 4 nitrogen and oxygen atoms in total. The summed E-state index contributed by atoms with van der Waals surface area (Å²) in [5.74, 6) is -0.842. The summed E-state index contributed by atoms with van der Waals surface area (Å²) in [6, 6.07) is 4.11. The summed E-state index contributed by atoms with van der Waals surface area (Å²) in [7, 11) is 0. The zero-order valence-electron chi connectivity index (χ0n) is 10.9. The highest BCUT2D eigenvalue weighted by atomic mass is 19.2. The predicted molar refractivity (Wildman–Crippen MR) is 67.3 cm³/mol. The van der Waals surface area contributed by atoms with Crippen LogP contribution in [0.5, 0.6) is 0 Å². The van der Waals surface area contributed by atoms with E-state index in [0.29, 0.717) is 18.7 Å². The van der Waals surface area contributed by atoms with E-state index in [4.69, 9.17) is 0 Å². The van der Waals surface area contributed by atoms with E-state index < -0.39 is 11.6 Å². The topological polar surface area (TPSA) is 42.7 Å². The summed E-state index contributed by atoms with van der Waals surface area (Å²) in [6.07, 6.45) is 1.51. The van der Waals surface area contributed by atoms with Crippen LogP contribution in [0.15, 0.2) is 24.5 Å². The lowest BCUT2D eigenvalue weighted by Gasteiger charge is -2.10. The molecule has 102 valence electrons. The molecule has 0 aliphatic rings. The standard InChI is InChI=1S/C13H16F2N4/c1-9(2)19-13(17-8-18-19)7-16-6-10-3-4-11(14)12(15)5-10/h3-5,8-9,16H,6-7H2,1-2H3. The van der Waals surface area contributed by atoms with Gasteiger partial charge in [-0.05, 0) is 31.5 Å². The van der Waals surface area contributed by atoms with Crippen LogP contribution in [-0.2, 0) is 13.1 Å². The van der Waals surface area contributed by atoms with Crippen LogP contribution >= 0.6 is 0 Å². The summed E-state index contributed by atoms with van der Waals surface area (Å²) in [5, 5.41) is 7.26. The van der Waals surface area contributed by atoms with Crippen LogP contribution in [0.2, 0.25) is 0 Å². The van der Waals surface area contributed by atoms with E-state index in [9.17, 15) is 8.78 Å². The Bertz CT molecular complexity index is 551. The van der Waals surface area contributed by atoms with E-state index in [2.05, 4.69) is 15.4 Å². The number of rotatable bonds is 5. The summed E-state index contributed by atoms with van der Waals surface area (Å²) >= 11 is 0. The van der Waals surface area contributed by atoms with Crippen molar-refractivity contribution in [2.45, 2.75) is 33.0 Å². The second-order valence-electron chi connectivity index (χ2n) is 4.57. The van der Waals surface area contributed by atoms with Crippen LogP contribution in [0.1, 0.15) is 31.3 Å². The Hall–Kier alpha value is -1.82. The molecule has 19 heavy (non-hydrogen) atoms. The average molecular weight is 266 g/mol. The van der Waals surface area contributed by atoms with E-state index in [1.54, 1.807) is 6.07 Å². The summed E-state index contributed by atoms with van der Waals surface area (Å²) in [6.45, 7) is 5.01. The third-order valence-corrected chi connectivity index (χ3v) is 2.73. The maximum absolute atomic E-state index is 13.0. The van der Waals surface area contributed by atoms with E-state index in [1.165, 1.54) is 12.4 Å². The second kappa shape index (κ2) is 5.88. The lowest BCUT2D eigenvalue weighted by Crippen LogP contribution is -2.18. The average Bonchev–Trinajstić information content (AvgIpc) is 2.82. The van der Waals surface area contributed by atoms with Crippen LogP contribution in [0.4, 0.5) is 8.78 Å². The highest BCUT2D eigenvalue weighted by molar-refractivity contribution is 5.17. The number of nitrogens with zero attached hydrogens (tertiary/aromatic N) is 3. The highest BCUT2D eigenvalue weighted by Gasteiger charge is 2.07. The molecule has 1 aromatic heterocycles. The largest absolute Gasteiger partial charge is 0.306 e. The van der Waals surface area contributed by atoms with Crippen LogP contribution < -0.4 is 5.32 Å². The number of halogens is 2. The monoisotopic (exact) mass is 266 g/mol. The van der Waals surface area contributed by atoms with Crippen molar-refractivity contribution in [3.05, 3.63) is 47.5 Å². The molecule has 0 saturated carbocycles. The van der Waals surface area contributed by atoms with Gasteiger partial charge in [-0.15, -0.1) is 0 Å².